The third-order valence-corrected chi connectivity index (χ3v) is 2.48. The maximum absolute atomic E-state index is 11.2. The summed E-state index contributed by atoms with van der Waals surface area (Å²) in [5.41, 5.74) is 2.81. The minimum Gasteiger partial charge on any atom is -0.478 e. The van der Waals surface area contributed by atoms with E-state index in [4.69, 9.17) is 9.84 Å². The molecule has 1 heterocycles. The maximum atomic E-state index is 11.2. The predicted molar refractivity (Wildman–Crippen MR) is 56.8 cm³/mol. The van der Waals surface area contributed by atoms with Gasteiger partial charge in [0.15, 0.2) is 0 Å². The highest BCUT2D eigenvalue weighted by molar-refractivity contribution is 5.94. The molecule has 4 nitrogen and oxygen atoms in total. The van der Waals surface area contributed by atoms with Crippen molar-refractivity contribution in [2.45, 2.75) is 13.5 Å². The number of cyclic esters (lactones) is 1. The van der Waals surface area contributed by atoms with Crippen molar-refractivity contribution in [1.82, 2.24) is 0 Å². The lowest BCUT2D eigenvalue weighted by atomic mass is 10.0. The summed E-state index contributed by atoms with van der Waals surface area (Å²) in [5, 5.41) is 8.63. The minimum atomic E-state index is -0.981. The van der Waals surface area contributed by atoms with Gasteiger partial charge in [-0.05, 0) is 30.2 Å². The van der Waals surface area contributed by atoms with E-state index in [1.807, 2.05) is 0 Å². The van der Waals surface area contributed by atoms with Crippen LogP contribution in [0.4, 0.5) is 0 Å². The van der Waals surface area contributed by atoms with Gasteiger partial charge >= 0.3 is 11.9 Å². The van der Waals surface area contributed by atoms with Gasteiger partial charge in [0.05, 0.1) is 5.56 Å². The SMILES string of the molecule is C/C(=C/C(=O)O)c1ccc2c(c1)COC2=O. The number of esters is 1. The summed E-state index contributed by atoms with van der Waals surface area (Å²) in [6.07, 6.45) is 1.14. The molecular weight excluding hydrogens is 208 g/mol. The fraction of sp³-hybridized carbons (Fsp3) is 0.167. The fourth-order valence-electron chi connectivity index (χ4n) is 1.65. The second-order valence-corrected chi connectivity index (χ2v) is 3.61. The molecule has 0 amide bonds. The molecule has 82 valence electrons. The quantitative estimate of drug-likeness (QED) is 0.607. The lowest BCUT2D eigenvalue weighted by Gasteiger charge is -2.02. The number of allylic oxidation sites excluding steroid dienone is 1. The molecule has 0 unspecified atom stereocenters. The monoisotopic (exact) mass is 218 g/mol. The molecule has 1 aromatic carbocycles. The zero-order valence-electron chi connectivity index (χ0n) is 8.69. The number of ether oxygens (including phenoxy) is 1. The topological polar surface area (TPSA) is 63.6 Å². The van der Waals surface area contributed by atoms with Crippen molar-refractivity contribution >= 4 is 17.5 Å². The Morgan fingerprint density at radius 3 is 2.94 bits per heavy atom. The van der Waals surface area contributed by atoms with E-state index in [1.165, 1.54) is 0 Å². The molecule has 0 aromatic heterocycles. The highest BCUT2D eigenvalue weighted by atomic mass is 16.5. The van der Waals surface area contributed by atoms with Gasteiger partial charge in [-0.3, -0.25) is 0 Å². The largest absolute Gasteiger partial charge is 0.478 e. The van der Waals surface area contributed by atoms with Crippen molar-refractivity contribution in [1.29, 1.82) is 0 Å². The Labute approximate surface area is 92.2 Å². The average Bonchev–Trinajstić information content (AvgIpc) is 2.59. The first-order chi connectivity index (χ1) is 7.58. The van der Waals surface area contributed by atoms with Gasteiger partial charge in [-0.2, -0.15) is 0 Å². The Bertz CT molecular complexity index is 500. The molecule has 1 N–H and O–H groups in total. The first kappa shape index (κ1) is 10.4. The maximum Gasteiger partial charge on any atom is 0.338 e. The van der Waals surface area contributed by atoms with Gasteiger partial charge in [0.2, 0.25) is 0 Å². The number of rotatable bonds is 2. The summed E-state index contributed by atoms with van der Waals surface area (Å²) in [7, 11) is 0. The Kier molecular flexibility index (Phi) is 2.48. The van der Waals surface area contributed by atoms with E-state index in [0.717, 1.165) is 17.2 Å². The van der Waals surface area contributed by atoms with E-state index in [0.29, 0.717) is 11.1 Å². The van der Waals surface area contributed by atoms with E-state index in [1.54, 1.807) is 25.1 Å². The van der Waals surface area contributed by atoms with E-state index in [-0.39, 0.29) is 12.6 Å². The van der Waals surface area contributed by atoms with Crippen molar-refractivity contribution in [2.75, 3.05) is 0 Å². The Hall–Kier alpha value is -2.10. The first-order valence-corrected chi connectivity index (χ1v) is 4.79. The van der Waals surface area contributed by atoms with Crippen molar-refractivity contribution in [3.05, 3.63) is 41.0 Å². The van der Waals surface area contributed by atoms with Gasteiger partial charge in [-0.25, -0.2) is 9.59 Å². The third-order valence-electron chi connectivity index (χ3n) is 2.48. The molecule has 2 rings (SSSR count). The van der Waals surface area contributed by atoms with Crippen LogP contribution in [0.3, 0.4) is 0 Å². The van der Waals surface area contributed by atoms with Gasteiger partial charge in [-0.15, -0.1) is 0 Å². The standard InChI is InChI=1S/C12H10O4/c1-7(4-11(13)14)8-2-3-10-9(5-8)6-16-12(10)15/h2-5H,6H2,1H3,(H,13,14)/b7-4-. The molecule has 0 saturated heterocycles. The van der Waals surface area contributed by atoms with E-state index in [9.17, 15) is 9.59 Å². The van der Waals surface area contributed by atoms with Crippen LogP contribution in [0.25, 0.3) is 5.57 Å². The number of hydrogen-bond acceptors (Lipinski definition) is 3. The van der Waals surface area contributed by atoms with Crippen molar-refractivity contribution in [3.63, 3.8) is 0 Å². The number of carbonyl (C=O) groups excluding carboxylic acids is 1. The second-order valence-electron chi connectivity index (χ2n) is 3.61. The van der Waals surface area contributed by atoms with Crippen LogP contribution in [-0.2, 0) is 16.1 Å². The van der Waals surface area contributed by atoms with Crippen LogP contribution in [-0.4, -0.2) is 17.0 Å². The normalized spacial score (nSPS) is 14.6. The number of aliphatic carboxylic acids is 1. The van der Waals surface area contributed by atoms with Crippen molar-refractivity contribution < 1.29 is 19.4 Å². The van der Waals surface area contributed by atoms with Crippen LogP contribution in [0.1, 0.15) is 28.4 Å². The fourth-order valence-corrected chi connectivity index (χ4v) is 1.65. The molecule has 0 radical (unpaired) electrons. The van der Waals surface area contributed by atoms with Gasteiger partial charge in [-0.1, -0.05) is 6.07 Å². The van der Waals surface area contributed by atoms with Crippen LogP contribution < -0.4 is 0 Å². The van der Waals surface area contributed by atoms with Crippen LogP contribution in [0.15, 0.2) is 24.3 Å². The van der Waals surface area contributed by atoms with Crippen LogP contribution >= 0.6 is 0 Å². The molecule has 1 aliphatic rings. The average molecular weight is 218 g/mol. The first-order valence-electron chi connectivity index (χ1n) is 4.79. The number of fused-ring (bicyclic) bond motifs is 1. The second kappa shape index (κ2) is 3.81. The van der Waals surface area contributed by atoms with Crippen LogP contribution in [0.2, 0.25) is 0 Å². The summed E-state index contributed by atoms with van der Waals surface area (Å²) in [4.78, 5) is 21.7. The van der Waals surface area contributed by atoms with Crippen LogP contribution in [0, 0.1) is 0 Å². The zero-order valence-corrected chi connectivity index (χ0v) is 8.69. The highest BCUT2D eigenvalue weighted by Gasteiger charge is 2.20. The predicted octanol–water partition coefficient (Wildman–Crippen LogP) is 1.84. The minimum absolute atomic E-state index is 0.266. The van der Waals surface area contributed by atoms with E-state index in [2.05, 4.69) is 0 Å². The van der Waals surface area contributed by atoms with Crippen molar-refractivity contribution in [3.8, 4) is 0 Å². The number of carbonyl (C=O) groups is 2. The molecule has 1 aromatic rings. The molecular formula is C12H10O4. The Morgan fingerprint density at radius 1 is 1.50 bits per heavy atom. The molecule has 4 heteroatoms. The smallest absolute Gasteiger partial charge is 0.338 e. The molecule has 16 heavy (non-hydrogen) atoms. The molecule has 0 saturated carbocycles. The molecule has 1 aliphatic heterocycles. The lowest BCUT2D eigenvalue weighted by molar-refractivity contribution is -0.131. The number of carboxylic acids is 1. The van der Waals surface area contributed by atoms with Crippen LogP contribution in [0.5, 0.6) is 0 Å². The molecule has 0 atom stereocenters. The van der Waals surface area contributed by atoms with Gasteiger partial charge in [0.1, 0.15) is 6.61 Å². The summed E-state index contributed by atoms with van der Waals surface area (Å²) < 4.78 is 4.86. The van der Waals surface area contributed by atoms with Crippen molar-refractivity contribution in [2.24, 2.45) is 0 Å². The van der Waals surface area contributed by atoms with Gasteiger partial charge in [0.25, 0.3) is 0 Å². The van der Waals surface area contributed by atoms with E-state index < -0.39 is 5.97 Å². The Balaban J connectivity index is 2.39. The molecule has 0 bridgehead atoms. The summed E-state index contributed by atoms with van der Waals surface area (Å²) >= 11 is 0. The lowest BCUT2D eigenvalue weighted by Crippen LogP contribution is -1.94. The Morgan fingerprint density at radius 2 is 2.25 bits per heavy atom. The third kappa shape index (κ3) is 1.82. The number of benzene rings is 1. The van der Waals surface area contributed by atoms with Gasteiger partial charge in [0, 0.05) is 11.6 Å². The summed E-state index contributed by atoms with van der Waals surface area (Å²) in [5.74, 6) is -1.30. The zero-order chi connectivity index (χ0) is 11.7. The highest BCUT2D eigenvalue weighted by Crippen LogP contribution is 2.24. The number of carboxylic acid groups (broad SMARTS) is 1. The summed E-state index contributed by atoms with van der Waals surface area (Å²) in [6.45, 7) is 1.98. The van der Waals surface area contributed by atoms with Gasteiger partial charge < -0.3 is 9.84 Å². The summed E-state index contributed by atoms with van der Waals surface area (Å²) in [6, 6.07) is 5.17. The molecule has 0 fully saturated rings. The number of hydrogen-bond donors (Lipinski definition) is 1. The molecule has 0 aliphatic carbocycles. The molecule has 0 spiro atoms. The van der Waals surface area contributed by atoms with E-state index >= 15 is 0 Å².